The molecule has 1 heterocycles. The summed E-state index contributed by atoms with van der Waals surface area (Å²) in [7, 11) is 1.63. The molecule has 1 amide bonds. The number of ether oxygens (including phenoxy) is 1. The summed E-state index contributed by atoms with van der Waals surface area (Å²) in [6.07, 6.45) is 1.57. The average Bonchev–Trinajstić information content (AvgIpc) is 2.70. The molecule has 3 rings (SSSR count). The lowest BCUT2D eigenvalue weighted by molar-refractivity contribution is 0.102. The highest BCUT2D eigenvalue weighted by Gasteiger charge is 2.11. The van der Waals surface area contributed by atoms with Gasteiger partial charge in [0.15, 0.2) is 0 Å². The number of hydrogen-bond acceptors (Lipinski definition) is 5. The molecule has 27 heavy (non-hydrogen) atoms. The van der Waals surface area contributed by atoms with Crippen molar-refractivity contribution >= 4 is 17.5 Å². The summed E-state index contributed by atoms with van der Waals surface area (Å²) in [6, 6.07) is 15.1. The molecular weight excluding hydrogens is 340 g/mol. The molecule has 0 atom stereocenters. The van der Waals surface area contributed by atoms with Crippen molar-refractivity contribution in [3.8, 4) is 5.75 Å². The first-order valence-corrected chi connectivity index (χ1v) is 8.65. The molecule has 0 aliphatic carbocycles. The average molecular weight is 362 g/mol. The van der Waals surface area contributed by atoms with Crippen LogP contribution in [-0.2, 0) is 6.54 Å². The fourth-order valence-corrected chi connectivity index (χ4v) is 2.67. The molecule has 0 unspecified atom stereocenters. The Hall–Kier alpha value is -3.41. The molecule has 0 bridgehead atoms. The molecule has 0 saturated heterocycles. The molecule has 3 aromatic rings. The van der Waals surface area contributed by atoms with Gasteiger partial charge < -0.3 is 15.4 Å². The van der Waals surface area contributed by atoms with Gasteiger partial charge in [-0.25, -0.2) is 9.97 Å². The van der Waals surface area contributed by atoms with Gasteiger partial charge >= 0.3 is 0 Å². The van der Waals surface area contributed by atoms with Gasteiger partial charge in [0, 0.05) is 24.0 Å². The van der Waals surface area contributed by atoms with Crippen LogP contribution in [0.5, 0.6) is 5.75 Å². The lowest BCUT2D eigenvalue weighted by atomic mass is 10.1. The fourth-order valence-electron chi connectivity index (χ4n) is 2.67. The third-order valence-corrected chi connectivity index (χ3v) is 4.37. The lowest BCUT2D eigenvalue weighted by Gasteiger charge is -2.11. The Balaban J connectivity index is 1.71. The Labute approximate surface area is 158 Å². The van der Waals surface area contributed by atoms with Crippen LogP contribution in [-0.4, -0.2) is 23.0 Å². The summed E-state index contributed by atoms with van der Waals surface area (Å²) in [6.45, 7) is 4.48. The summed E-state index contributed by atoms with van der Waals surface area (Å²) < 4.78 is 5.34. The minimum absolute atomic E-state index is 0.272. The van der Waals surface area contributed by atoms with Crippen molar-refractivity contribution in [1.29, 1.82) is 0 Å². The number of nitrogens with zero attached hydrogens (tertiary/aromatic N) is 2. The van der Waals surface area contributed by atoms with Crippen LogP contribution in [0.2, 0.25) is 0 Å². The molecule has 6 heteroatoms. The van der Waals surface area contributed by atoms with Gasteiger partial charge in [-0.2, -0.15) is 0 Å². The number of benzene rings is 2. The largest absolute Gasteiger partial charge is 0.496 e. The van der Waals surface area contributed by atoms with Gasteiger partial charge in [0.25, 0.3) is 5.91 Å². The highest BCUT2D eigenvalue weighted by Crippen LogP contribution is 2.20. The maximum absolute atomic E-state index is 12.6. The monoisotopic (exact) mass is 362 g/mol. The van der Waals surface area contributed by atoms with E-state index in [0.29, 0.717) is 18.2 Å². The molecule has 0 aliphatic rings. The van der Waals surface area contributed by atoms with Gasteiger partial charge in [-0.1, -0.05) is 30.3 Å². The predicted octanol–water partition coefficient (Wildman–Crippen LogP) is 3.97. The first-order chi connectivity index (χ1) is 13.1. The molecule has 0 spiro atoms. The third kappa shape index (κ3) is 4.41. The van der Waals surface area contributed by atoms with Crippen molar-refractivity contribution in [2.45, 2.75) is 20.4 Å². The number of rotatable bonds is 6. The highest BCUT2D eigenvalue weighted by molar-refractivity contribution is 6.03. The maximum atomic E-state index is 12.6. The van der Waals surface area contributed by atoms with E-state index in [2.05, 4.69) is 20.6 Å². The second-order valence-electron chi connectivity index (χ2n) is 6.13. The van der Waals surface area contributed by atoms with Crippen molar-refractivity contribution in [2.75, 3.05) is 17.7 Å². The summed E-state index contributed by atoms with van der Waals surface area (Å²) in [4.78, 5) is 21.1. The van der Waals surface area contributed by atoms with Crippen molar-refractivity contribution in [3.05, 3.63) is 77.1 Å². The quantitative estimate of drug-likeness (QED) is 0.694. The molecule has 0 fully saturated rings. The Bertz CT molecular complexity index is 956. The maximum Gasteiger partial charge on any atom is 0.274 e. The number of hydrogen-bond donors (Lipinski definition) is 2. The van der Waals surface area contributed by atoms with E-state index in [1.165, 1.54) is 0 Å². The summed E-state index contributed by atoms with van der Waals surface area (Å²) in [5, 5.41) is 6.04. The van der Waals surface area contributed by atoms with Gasteiger partial charge in [0.1, 0.15) is 11.4 Å². The van der Waals surface area contributed by atoms with Crippen molar-refractivity contribution in [2.24, 2.45) is 0 Å². The molecule has 138 valence electrons. The molecule has 0 saturated carbocycles. The highest BCUT2D eigenvalue weighted by atomic mass is 16.5. The minimum Gasteiger partial charge on any atom is -0.496 e. The Kier molecular flexibility index (Phi) is 5.66. The second-order valence-corrected chi connectivity index (χ2v) is 6.13. The minimum atomic E-state index is -0.272. The normalized spacial score (nSPS) is 10.3. The number of amides is 1. The number of aromatic nitrogens is 2. The number of aryl methyl sites for hydroxylation is 1. The number of carbonyl (C=O) groups excluding carboxylic acids is 1. The molecule has 6 nitrogen and oxygen atoms in total. The molecular formula is C21H22N4O2. The van der Waals surface area contributed by atoms with Crippen LogP contribution < -0.4 is 15.4 Å². The Morgan fingerprint density at radius 1 is 1.07 bits per heavy atom. The van der Waals surface area contributed by atoms with Gasteiger partial charge in [-0.3, -0.25) is 4.79 Å². The summed E-state index contributed by atoms with van der Waals surface area (Å²) >= 11 is 0. The zero-order chi connectivity index (χ0) is 19.2. The van der Waals surface area contributed by atoms with Gasteiger partial charge in [-0.05, 0) is 43.2 Å². The first kappa shape index (κ1) is 18.4. The number of nitrogens with one attached hydrogen (secondary N) is 2. The summed E-state index contributed by atoms with van der Waals surface area (Å²) in [5.41, 5.74) is 4.22. The van der Waals surface area contributed by atoms with E-state index in [1.54, 1.807) is 19.4 Å². The van der Waals surface area contributed by atoms with E-state index in [-0.39, 0.29) is 5.91 Å². The van der Waals surface area contributed by atoms with Crippen LogP contribution in [0.1, 0.15) is 27.2 Å². The summed E-state index contributed by atoms with van der Waals surface area (Å²) in [5.74, 6) is 0.898. The standard InChI is InChI=1S/C21H22N4O2/c1-14-7-6-9-17(15(14)2)24-20(26)18-11-12-22-21(25-18)23-13-16-8-4-5-10-19(16)27-3/h4-12H,13H2,1-3H3,(H,24,26)(H,22,23,25). The van der Waals surface area contributed by atoms with Crippen molar-refractivity contribution in [3.63, 3.8) is 0 Å². The van der Waals surface area contributed by atoms with Crippen LogP contribution in [0, 0.1) is 13.8 Å². The Morgan fingerprint density at radius 3 is 2.70 bits per heavy atom. The number of anilines is 2. The van der Waals surface area contributed by atoms with E-state index in [4.69, 9.17) is 4.74 Å². The van der Waals surface area contributed by atoms with Crippen LogP contribution in [0.25, 0.3) is 0 Å². The number of methoxy groups -OCH3 is 1. The smallest absolute Gasteiger partial charge is 0.274 e. The van der Waals surface area contributed by atoms with Crippen LogP contribution in [0.3, 0.4) is 0 Å². The van der Waals surface area contributed by atoms with Crippen LogP contribution in [0.4, 0.5) is 11.6 Å². The molecule has 0 aliphatic heterocycles. The van der Waals surface area contributed by atoms with Crippen molar-refractivity contribution in [1.82, 2.24) is 9.97 Å². The van der Waals surface area contributed by atoms with Gasteiger partial charge in [0.05, 0.1) is 7.11 Å². The van der Waals surface area contributed by atoms with Crippen LogP contribution >= 0.6 is 0 Å². The third-order valence-electron chi connectivity index (χ3n) is 4.37. The van der Waals surface area contributed by atoms with Crippen molar-refractivity contribution < 1.29 is 9.53 Å². The fraction of sp³-hybridized carbons (Fsp3) is 0.190. The van der Waals surface area contributed by atoms with E-state index >= 15 is 0 Å². The molecule has 1 aromatic heterocycles. The first-order valence-electron chi connectivity index (χ1n) is 8.65. The molecule has 2 N–H and O–H groups in total. The number of carbonyl (C=O) groups is 1. The van der Waals surface area contributed by atoms with Gasteiger partial charge in [0.2, 0.25) is 5.95 Å². The zero-order valence-corrected chi connectivity index (χ0v) is 15.6. The Morgan fingerprint density at radius 2 is 1.89 bits per heavy atom. The van der Waals surface area contributed by atoms with E-state index in [9.17, 15) is 4.79 Å². The topological polar surface area (TPSA) is 76.1 Å². The lowest BCUT2D eigenvalue weighted by Crippen LogP contribution is -2.16. The van der Waals surface area contributed by atoms with Crippen LogP contribution in [0.15, 0.2) is 54.7 Å². The van der Waals surface area contributed by atoms with Gasteiger partial charge in [-0.15, -0.1) is 0 Å². The SMILES string of the molecule is COc1ccccc1CNc1nccc(C(=O)Nc2cccc(C)c2C)n1. The molecule has 0 radical (unpaired) electrons. The second kappa shape index (κ2) is 8.31. The predicted molar refractivity (Wildman–Crippen MR) is 106 cm³/mol. The van der Waals surface area contributed by atoms with E-state index in [0.717, 1.165) is 28.1 Å². The number of para-hydroxylation sites is 1. The molecule has 2 aromatic carbocycles. The zero-order valence-electron chi connectivity index (χ0n) is 15.6. The van der Waals surface area contributed by atoms with E-state index < -0.39 is 0 Å². The van der Waals surface area contributed by atoms with E-state index in [1.807, 2.05) is 56.3 Å².